The summed E-state index contributed by atoms with van der Waals surface area (Å²) in [4.78, 5) is 8.72. The van der Waals surface area contributed by atoms with E-state index < -0.39 is 0 Å². The molecule has 0 aliphatic rings. The summed E-state index contributed by atoms with van der Waals surface area (Å²) in [5, 5.41) is 3.06. The van der Waals surface area contributed by atoms with Crippen LogP contribution in [-0.2, 0) is 6.54 Å². The zero-order valence-corrected chi connectivity index (χ0v) is 10.8. The van der Waals surface area contributed by atoms with Gasteiger partial charge in [0.15, 0.2) is 5.82 Å². The molecule has 0 fully saturated rings. The number of hydrogen-bond donors (Lipinski definition) is 1. The maximum atomic E-state index is 13.5. The fourth-order valence-electron chi connectivity index (χ4n) is 1.69. The number of nitrogens with zero attached hydrogens (tertiary/aromatic N) is 2. The quantitative estimate of drug-likeness (QED) is 0.903. The smallest absolute Gasteiger partial charge is 0.159 e. The van der Waals surface area contributed by atoms with Gasteiger partial charge in [-0.15, -0.1) is 0 Å². The summed E-state index contributed by atoms with van der Waals surface area (Å²) >= 11 is 0. The van der Waals surface area contributed by atoms with Crippen LogP contribution in [0.15, 0.2) is 24.4 Å². The number of nitrogens with one attached hydrogen (secondary N) is 1. The molecule has 0 saturated heterocycles. The lowest BCUT2D eigenvalue weighted by Crippen LogP contribution is -2.10. The first-order valence-corrected chi connectivity index (χ1v) is 5.85. The first kappa shape index (κ1) is 12.6. The van der Waals surface area contributed by atoms with Crippen LogP contribution in [0.2, 0.25) is 0 Å². The van der Waals surface area contributed by atoms with E-state index in [-0.39, 0.29) is 5.82 Å². The van der Waals surface area contributed by atoms with Gasteiger partial charge in [-0.05, 0) is 38.1 Å². The monoisotopic (exact) mass is 245 g/mol. The normalized spacial score (nSPS) is 10.7. The Morgan fingerprint density at radius 3 is 2.67 bits per heavy atom. The molecule has 0 aliphatic carbocycles. The second-order valence-electron chi connectivity index (χ2n) is 4.32. The zero-order valence-electron chi connectivity index (χ0n) is 10.8. The van der Waals surface area contributed by atoms with Crippen molar-refractivity contribution < 1.29 is 4.39 Å². The van der Waals surface area contributed by atoms with Crippen LogP contribution in [0.4, 0.5) is 4.39 Å². The van der Waals surface area contributed by atoms with Gasteiger partial charge in [0.05, 0.1) is 5.69 Å². The van der Waals surface area contributed by atoms with Gasteiger partial charge in [-0.1, -0.05) is 12.1 Å². The molecule has 0 saturated carbocycles. The number of halogens is 1. The zero-order chi connectivity index (χ0) is 13.1. The highest BCUT2D eigenvalue weighted by Crippen LogP contribution is 2.19. The van der Waals surface area contributed by atoms with Crippen LogP contribution in [0.5, 0.6) is 0 Å². The van der Waals surface area contributed by atoms with Crippen LogP contribution in [0.1, 0.15) is 16.8 Å². The van der Waals surface area contributed by atoms with E-state index in [4.69, 9.17) is 0 Å². The third-order valence-electron chi connectivity index (χ3n) is 2.85. The predicted molar refractivity (Wildman–Crippen MR) is 69.7 cm³/mol. The molecule has 0 amide bonds. The lowest BCUT2D eigenvalue weighted by atomic mass is 10.1. The summed E-state index contributed by atoms with van der Waals surface area (Å²) in [5.74, 6) is 0.330. The maximum Gasteiger partial charge on any atom is 0.159 e. The lowest BCUT2D eigenvalue weighted by Gasteiger charge is -2.07. The molecule has 0 unspecified atom stereocenters. The van der Waals surface area contributed by atoms with Gasteiger partial charge in [-0.25, -0.2) is 14.4 Å². The largest absolute Gasteiger partial charge is 0.314 e. The van der Waals surface area contributed by atoms with E-state index in [0.717, 1.165) is 11.3 Å². The highest BCUT2D eigenvalue weighted by atomic mass is 19.1. The Morgan fingerprint density at radius 2 is 2.00 bits per heavy atom. The summed E-state index contributed by atoms with van der Waals surface area (Å²) in [6, 6.07) is 5.06. The first-order valence-electron chi connectivity index (χ1n) is 5.85. The number of aromatic nitrogens is 2. The molecule has 1 heterocycles. The van der Waals surface area contributed by atoms with Gasteiger partial charge in [0, 0.05) is 18.3 Å². The number of aryl methyl sites for hydroxylation is 2. The van der Waals surface area contributed by atoms with Crippen LogP contribution in [0.3, 0.4) is 0 Å². The van der Waals surface area contributed by atoms with E-state index in [0.29, 0.717) is 23.5 Å². The fraction of sp³-hybridized carbons (Fsp3) is 0.286. The third-order valence-corrected chi connectivity index (χ3v) is 2.85. The highest BCUT2D eigenvalue weighted by Gasteiger charge is 2.07. The Hall–Kier alpha value is -1.81. The Bertz CT molecular complexity index is 567. The van der Waals surface area contributed by atoms with E-state index in [1.807, 2.05) is 20.0 Å². The Labute approximate surface area is 106 Å². The van der Waals surface area contributed by atoms with Crippen molar-refractivity contribution in [3.05, 3.63) is 47.0 Å². The highest BCUT2D eigenvalue weighted by molar-refractivity contribution is 5.55. The summed E-state index contributed by atoms with van der Waals surface area (Å²) < 4.78 is 13.5. The van der Waals surface area contributed by atoms with Crippen LogP contribution in [0.25, 0.3) is 11.4 Å². The Balaban J connectivity index is 2.44. The number of benzene rings is 1. The van der Waals surface area contributed by atoms with E-state index in [2.05, 4.69) is 15.3 Å². The van der Waals surface area contributed by atoms with E-state index in [1.54, 1.807) is 19.2 Å². The van der Waals surface area contributed by atoms with Crippen molar-refractivity contribution in [3.63, 3.8) is 0 Å². The summed E-state index contributed by atoms with van der Waals surface area (Å²) in [7, 11) is 1.87. The van der Waals surface area contributed by atoms with Crippen LogP contribution in [-0.4, -0.2) is 17.0 Å². The molecule has 0 bridgehead atoms. The van der Waals surface area contributed by atoms with Crippen molar-refractivity contribution in [1.82, 2.24) is 15.3 Å². The summed E-state index contributed by atoms with van der Waals surface area (Å²) in [6.07, 6.45) is 1.77. The molecule has 94 valence electrons. The van der Waals surface area contributed by atoms with Crippen molar-refractivity contribution in [3.8, 4) is 11.4 Å². The van der Waals surface area contributed by atoms with Gasteiger partial charge in [-0.3, -0.25) is 0 Å². The molecule has 3 nitrogen and oxygen atoms in total. The summed E-state index contributed by atoms with van der Waals surface area (Å²) in [6.45, 7) is 4.38. The molecule has 4 heteroatoms. The van der Waals surface area contributed by atoms with Crippen LogP contribution < -0.4 is 5.32 Å². The maximum absolute atomic E-state index is 13.5. The molecule has 0 spiro atoms. The lowest BCUT2D eigenvalue weighted by molar-refractivity contribution is 0.619. The molecule has 1 aromatic carbocycles. The molecular formula is C14H16FN3. The molecule has 2 aromatic rings. The third kappa shape index (κ3) is 2.54. The average Bonchev–Trinajstić information content (AvgIpc) is 2.36. The second-order valence-corrected chi connectivity index (χ2v) is 4.32. The van der Waals surface area contributed by atoms with Gasteiger partial charge >= 0.3 is 0 Å². The second kappa shape index (κ2) is 5.23. The van der Waals surface area contributed by atoms with Crippen molar-refractivity contribution in [1.29, 1.82) is 0 Å². The molecule has 0 aliphatic heterocycles. The average molecular weight is 245 g/mol. The van der Waals surface area contributed by atoms with E-state index >= 15 is 0 Å². The van der Waals surface area contributed by atoms with Crippen molar-refractivity contribution in [2.24, 2.45) is 0 Å². The standard InChI is InChI=1S/C14H16FN3/c1-9-4-5-11(6-12(9)15)14-17-7-10(2)13(18-14)8-16-3/h4-7,16H,8H2,1-3H3. The van der Waals surface area contributed by atoms with Crippen molar-refractivity contribution >= 4 is 0 Å². The van der Waals surface area contributed by atoms with Gasteiger partial charge in [0.25, 0.3) is 0 Å². The van der Waals surface area contributed by atoms with Crippen molar-refractivity contribution in [2.45, 2.75) is 20.4 Å². The Morgan fingerprint density at radius 1 is 1.22 bits per heavy atom. The molecule has 18 heavy (non-hydrogen) atoms. The topological polar surface area (TPSA) is 37.8 Å². The van der Waals surface area contributed by atoms with E-state index in [9.17, 15) is 4.39 Å². The van der Waals surface area contributed by atoms with Crippen LogP contribution in [0, 0.1) is 19.7 Å². The van der Waals surface area contributed by atoms with Crippen LogP contribution >= 0.6 is 0 Å². The van der Waals surface area contributed by atoms with Gasteiger partial charge in [0.1, 0.15) is 5.82 Å². The predicted octanol–water partition coefficient (Wildman–Crippen LogP) is 2.62. The number of hydrogen-bond acceptors (Lipinski definition) is 3. The summed E-state index contributed by atoms with van der Waals surface area (Å²) in [5.41, 5.74) is 3.29. The molecule has 1 aromatic heterocycles. The Kier molecular flexibility index (Phi) is 3.67. The van der Waals surface area contributed by atoms with Gasteiger partial charge in [0.2, 0.25) is 0 Å². The fourth-order valence-corrected chi connectivity index (χ4v) is 1.69. The molecule has 1 N–H and O–H groups in total. The molecule has 0 atom stereocenters. The molecular weight excluding hydrogens is 229 g/mol. The minimum atomic E-state index is -0.230. The molecule has 2 rings (SSSR count). The van der Waals surface area contributed by atoms with E-state index in [1.165, 1.54) is 6.07 Å². The first-order chi connectivity index (χ1) is 8.61. The minimum absolute atomic E-state index is 0.230. The van der Waals surface area contributed by atoms with Gasteiger partial charge in [-0.2, -0.15) is 0 Å². The molecule has 0 radical (unpaired) electrons. The minimum Gasteiger partial charge on any atom is -0.314 e. The van der Waals surface area contributed by atoms with Crippen molar-refractivity contribution in [2.75, 3.05) is 7.05 Å². The van der Waals surface area contributed by atoms with Gasteiger partial charge < -0.3 is 5.32 Å². The SMILES string of the molecule is CNCc1nc(-c2ccc(C)c(F)c2)ncc1C. The number of rotatable bonds is 3.